The van der Waals surface area contributed by atoms with E-state index in [9.17, 15) is 0 Å². The van der Waals surface area contributed by atoms with Gasteiger partial charge in [0.25, 0.3) is 0 Å². The van der Waals surface area contributed by atoms with E-state index < -0.39 is 0 Å². The zero-order valence-corrected chi connectivity index (χ0v) is 11.0. The van der Waals surface area contributed by atoms with E-state index in [0.29, 0.717) is 5.95 Å². The van der Waals surface area contributed by atoms with Gasteiger partial charge in [-0.3, -0.25) is 0 Å². The molecule has 0 unspecified atom stereocenters. The van der Waals surface area contributed by atoms with Crippen LogP contribution in [-0.2, 0) is 13.0 Å². The minimum atomic E-state index is 0.00455. The Morgan fingerprint density at radius 2 is 2.00 bits per heavy atom. The summed E-state index contributed by atoms with van der Waals surface area (Å²) in [6.45, 7) is 8.24. The maximum absolute atomic E-state index is 4.52. The van der Waals surface area contributed by atoms with Crippen LogP contribution in [-0.4, -0.2) is 29.1 Å². The molecule has 94 valence electrons. The minimum Gasteiger partial charge on any atom is -0.365 e. The third-order valence-electron chi connectivity index (χ3n) is 2.65. The van der Waals surface area contributed by atoms with Crippen molar-refractivity contribution in [3.05, 3.63) is 11.3 Å². The number of aromatic nitrogens is 2. The summed E-state index contributed by atoms with van der Waals surface area (Å²) in [7, 11) is 1.85. The molecule has 0 amide bonds. The maximum Gasteiger partial charge on any atom is 0.224 e. The van der Waals surface area contributed by atoms with Gasteiger partial charge in [0.05, 0.1) is 5.69 Å². The largest absolute Gasteiger partial charge is 0.365 e. The molecular formula is C12H21N5. The van der Waals surface area contributed by atoms with E-state index >= 15 is 0 Å². The Hall–Kier alpha value is -1.36. The third-order valence-corrected chi connectivity index (χ3v) is 2.65. The summed E-state index contributed by atoms with van der Waals surface area (Å²) in [6.07, 6.45) is 0.964. The second-order valence-electron chi connectivity index (χ2n) is 5.37. The van der Waals surface area contributed by atoms with Gasteiger partial charge in [-0.05, 0) is 20.8 Å². The van der Waals surface area contributed by atoms with Crippen LogP contribution in [0.15, 0.2) is 0 Å². The van der Waals surface area contributed by atoms with Crippen molar-refractivity contribution in [3.63, 3.8) is 0 Å². The molecule has 0 radical (unpaired) electrons. The molecule has 0 aromatic carbocycles. The molecule has 17 heavy (non-hydrogen) atoms. The Morgan fingerprint density at radius 1 is 1.24 bits per heavy atom. The summed E-state index contributed by atoms with van der Waals surface area (Å²) in [5, 5.41) is 9.84. The SMILES string of the molecule is CNc1nc2c(c(NC(C)(C)C)n1)CNCC2. The Kier molecular flexibility index (Phi) is 3.19. The molecule has 0 saturated carbocycles. The normalized spacial score (nSPS) is 15.3. The van der Waals surface area contributed by atoms with Crippen molar-refractivity contribution >= 4 is 11.8 Å². The van der Waals surface area contributed by atoms with E-state index in [-0.39, 0.29) is 5.54 Å². The fourth-order valence-corrected chi connectivity index (χ4v) is 1.91. The molecule has 5 heteroatoms. The molecule has 0 spiro atoms. The van der Waals surface area contributed by atoms with Gasteiger partial charge >= 0.3 is 0 Å². The predicted octanol–water partition coefficient (Wildman–Crippen LogP) is 1.37. The standard InChI is InChI=1S/C12H21N5/c1-12(2,3)17-10-8-7-14-6-5-9(8)15-11(13-4)16-10/h14H,5-7H2,1-4H3,(H2,13,15,16,17). The lowest BCUT2D eigenvalue weighted by molar-refractivity contribution is 0.605. The van der Waals surface area contributed by atoms with Gasteiger partial charge in [0, 0.05) is 37.7 Å². The molecular weight excluding hydrogens is 214 g/mol. The molecule has 0 aliphatic carbocycles. The van der Waals surface area contributed by atoms with Gasteiger partial charge in [0.2, 0.25) is 5.95 Å². The van der Waals surface area contributed by atoms with Crippen molar-refractivity contribution in [1.29, 1.82) is 0 Å². The number of rotatable bonds is 2. The summed E-state index contributed by atoms with van der Waals surface area (Å²) in [6, 6.07) is 0. The molecule has 0 bridgehead atoms. The Morgan fingerprint density at radius 3 is 2.65 bits per heavy atom. The van der Waals surface area contributed by atoms with Crippen molar-refractivity contribution < 1.29 is 0 Å². The van der Waals surface area contributed by atoms with E-state index in [1.807, 2.05) is 7.05 Å². The lowest BCUT2D eigenvalue weighted by Gasteiger charge is -2.26. The van der Waals surface area contributed by atoms with Gasteiger partial charge in [0.15, 0.2) is 0 Å². The first-order chi connectivity index (χ1) is 7.99. The lowest BCUT2D eigenvalue weighted by atomic mass is 10.1. The highest BCUT2D eigenvalue weighted by Crippen LogP contribution is 2.24. The smallest absolute Gasteiger partial charge is 0.224 e. The molecule has 1 aromatic heterocycles. The van der Waals surface area contributed by atoms with Crippen LogP contribution in [0.25, 0.3) is 0 Å². The maximum atomic E-state index is 4.52. The van der Waals surface area contributed by atoms with Crippen molar-refractivity contribution in [3.8, 4) is 0 Å². The second kappa shape index (κ2) is 4.49. The summed E-state index contributed by atoms with van der Waals surface area (Å²) >= 11 is 0. The molecule has 3 N–H and O–H groups in total. The number of anilines is 2. The number of fused-ring (bicyclic) bond motifs is 1. The molecule has 1 aliphatic heterocycles. The quantitative estimate of drug-likeness (QED) is 0.723. The highest BCUT2D eigenvalue weighted by molar-refractivity contribution is 5.52. The first-order valence-corrected chi connectivity index (χ1v) is 6.06. The number of nitrogens with zero attached hydrogens (tertiary/aromatic N) is 2. The van der Waals surface area contributed by atoms with Crippen molar-refractivity contribution in [2.24, 2.45) is 0 Å². The first kappa shape index (κ1) is 12.1. The number of hydrogen-bond donors (Lipinski definition) is 3. The second-order valence-corrected chi connectivity index (χ2v) is 5.37. The van der Waals surface area contributed by atoms with Crippen molar-refractivity contribution in [1.82, 2.24) is 15.3 Å². The van der Waals surface area contributed by atoms with Gasteiger partial charge in [-0.1, -0.05) is 0 Å². The number of nitrogens with one attached hydrogen (secondary N) is 3. The highest BCUT2D eigenvalue weighted by atomic mass is 15.2. The fourth-order valence-electron chi connectivity index (χ4n) is 1.91. The van der Waals surface area contributed by atoms with E-state index in [2.05, 4.69) is 46.7 Å². The van der Waals surface area contributed by atoms with Crippen molar-refractivity contribution in [2.45, 2.75) is 39.3 Å². The average molecular weight is 235 g/mol. The van der Waals surface area contributed by atoms with Gasteiger partial charge in [-0.2, -0.15) is 4.98 Å². The third kappa shape index (κ3) is 2.85. The average Bonchev–Trinajstić information content (AvgIpc) is 2.26. The molecule has 0 atom stereocenters. The number of hydrogen-bond acceptors (Lipinski definition) is 5. The molecule has 5 nitrogen and oxygen atoms in total. The molecule has 0 saturated heterocycles. The molecule has 1 aliphatic rings. The van der Waals surface area contributed by atoms with Crippen LogP contribution in [0.4, 0.5) is 11.8 Å². The Balaban J connectivity index is 2.41. The van der Waals surface area contributed by atoms with Crippen LogP contribution in [0, 0.1) is 0 Å². The van der Waals surface area contributed by atoms with E-state index in [1.54, 1.807) is 0 Å². The first-order valence-electron chi connectivity index (χ1n) is 6.06. The summed E-state index contributed by atoms with van der Waals surface area (Å²) in [5.41, 5.74) is 2.35. The molecule has 2 heterocycles. The van der Waals surface area contributed by atoms with Gasteiger partial charge in [-0.15, -0.1) is 0 Å². The zero-order chi connectivity index (χ0) is 12.5. The highest BCUT2D eigenvalue weighted by Gasteiger charge is 2.20. The molecule has 2 rings (SSSR count). The van der Waals surface area contributed by atoms with E-state index in [4.69, 9.17) is 0 Å². The Labute approximate surface area is 102 Å². The van der Waals surface area contributed by atoms with Gasteiger partial charge in [-0.25, -0.2) is 4.98 Å². The van der Waals surface area contributed by atoms with Crippen LogP contribution in [0.2, 0.25) is 0 Å². The van der Waals surface area contributed by atoms with E-state index in [0.717, 1.165) is 31.0 Å². The zero-order valence-electron chi connectivity index (χ0n) is 11.0. The monoisotopic (exact) mass is 235 g/mol. The summed E-state index contributed by atoms with van der Waals surface area (Å²) < 4.78 is 0. The summed E-state index contributed by atoms with van der Waals surface area (Å²) in [4.78, 5) is 9.04. The Bertz CT molecular complexity index is 408. The minimum absolute atomic E-state index is 0.00455. The van der Waals surface area contributed by atoms with Crippen molar-refractivity contribution in [2.75, 3.05) is 24.2 Å². The van der Waals surface area contributed by atoms with Crippen LogP contribution < -0.4 is 16.0 Å². The topological polar surface area (TPSA) is 61.9 Å². The van der Waals surface area contributed by atoms with Crippen LogP contribution in [0.1, 0.15) is 32.0 Å². The van der Waals surface area contributed by atoms with Crippen LogP contribution in [0.5, 0.6) is 0 Å². The molecule has 0 fully saturated rings. The van der Waals surface area contributed by atoms with E-state index in [1.165, 1.54) is 5.56 Å². The van der Waals surface area contributed by atoms with Gasteiger partial charge in [0.1, 0.15) is 5.82 Å². The van der Waals surface area contributed by atoms with Crippen LogP contribution in [0.3, 0.4) is 0 Å². The van der Waals surface area contributed by atoms with Crippen LogP contribution >= 0.6 is 0 Å². The predicted molar refractivity (Wildman–Crippen MR) is 70.4 cm³/mol. The fraction of sp³-hybridized carbons (Fsp3) is 0.667. The summed E-state index contributed by atoms with van der Waals surface area (Å²) in [5.74, 6) is 1.64. The van der Waals surface area contributed by atoms with Gasteiger partial charge < -0.3 is 16.0 Å². The molecule has 1 aromatic rings. The lowest BCUT2D eigenvalue weighted by Crippen LogP contribution is -2.31.